The number of aliphatic carboxylic acids is 1. The highest BCUT2D eigenvalue weighted by Crippen LogP contribution is 2.22. The molecule has 5 atom stereocenters. The van der Waals surface area contributed by atoms with Crippen LogP contribution < -0.4 is 16.0 Å². The maximum Gasteiger partial charge on any atom is 0.326 e. The molecular weight excluding hydrogens is 490 g/mol. The van der Waals surface area contributed by atoms with E-state index < -0.39 is 47.9 Å². The second-order valence-corrected chi connectivity index (χ2v) is 11.3. The molecule has 10 nitrogen and oxygen atoms in total. The van der Waals surface area contributed by atoms with Gasteiger partial charge in [0.15, 0.2) is 0 Å². The third kappa shape index (κ3) is 9.96. The van der Waals surface area contributed by atoms with Gasteiger partial charge < -0.3 is 30.9 Å². The van der Waals surface area contributed by atoms with Crippen molar-refractivity contribution in [2.24, 2.45) is 11.3 Å². The Morgan fingerprint density at radius 2 is 1.68 bits per heavy atom. The molecule has 1 aromatic carbocycles. The van der Waals surface area contributed by atoms with Gasteiger partial charge in [-0.15, -0.1) is 0 Å². The first kappa shape index (κ1) is 31.1. The van der Waals surface area contributed by atoms with Crippen molar-refractivity contribution in [1.29, 1.82) is 0 Å². The van der Waals surface area contributed by atoms with Gasteiger partial charge in [0.25, 0.3) is 0 Å². The summed E-state index contributed by atoms with van der Waals surface area (Å²) < 4.78 is 5.45. The van der Waals surface area contributed by atoms with Crippen molar-refractivity contribution in [3.05, 3.63) is 29.8 Å². The molecule has 0 aromatic heterocycles. The van der Waals surface area contributed by atoms with Crippen LogP contribution in [0.1, 0.15) is 72.3 Å². The van der Waals surface area contributed by atoms with Crippen molar-refractivity contribution in [2.75, 3.05) is 6.61 Å². The largest absolute Gasteiger partial charge is 0.508 e. The fourth-order valence-corrected chi connectivity index (χ4v) is 4.18. The Hall–Kier alpha value is -3.14. The van der Waals surface area contributed by atoms with Gasteiger partial charge in [-0.3, -0.25) is 14.4 Å². The van der Waals surface area contributed by atoms with E-state index in [0.29, 0.717) is 31.4 Å². The number of hydrogen-bond acceptors (Lipinski definition) is 6. The van der Waals surface area contributed by atoms with Crippen LogP contribution in [0.5, 0.6) is 5.75 Å². The lowest BCUT2D eigenvalue weighted by atomic mass is 9.88. The van der Waals surface area contributed by atoms with Crippen LogP contribution in [-0.4, -0.2) is 64.7 Å². The van der Waals surface area contributed by atoms with Crippen molar-refractivity contribution < 1.29 is 34.1 Å². The standard InChI is InChI=1S/C28H43N3O7/c1-6-17(2)23(26(35)29-20(27(36)37)13-14-28(3,4)5)31-24(33)21(16-18-9-11-19(32)12-10-18)30-25(34)22-8-7-15-38-22/h9-12,17,20-23,32H,6-8,13-16H2,1-5H3,(H,29,35)(H,30,34)(H,31,33)(H,36,37)/t17?,20?,21?,22-,23?/m0/s1. The zero-order chi connectivity index (χ0) is 28.5. The molecule has 0 radical (unpaired) electrons. The Morgan fingerprint density at radius 3 is 2.21 bits per heavy atom. The summed E-state index contributed by atoms with van der Waals surface area (Å²) >= 11 is 0. The highest BCUT2D eigenvalue weighted by Gasteiger charge is 2.34. The monoisotopic (exact) mass is 533 g/mol. The lowest BCUT2D eigenvalue weighted by molar-refractivity contribution is -0.143. The van der Waals surface area contributed by atoms with Crippen LogP contribution in [0.25, 0.3) is 0 Å². The van der Waals surface area contributed by atoms with Crippen LogP contribution >= 0.6 is 0 Å². The third-order valence-corrected chi connectivity index (χ3v) is 6.82. The number of amides is 3. The minimum atomic E-state index is -1.13. The summed E-state index contributed by atoms with van der Waals surface area (Å²) in [5, 5.41) is 27.4. The van der Waals surface area contributed by atoms with Crippen LogP contribution in [-0.2, 0) is 30.3 Å². The molecule has 0 saturated carbocycles. The summed E-state index contributed by atoms with van der Waals surface area (Å²) in [6, 6.07) is 3.20. The molecule has 10 heteroatoms. The van der Waals surface area contributed by atoms with E-state index in [0.717, 1.165) is 6.42 Å². The highest BCUT2D eigenvalue weighted by atomic mass is 16.5. The Kier molecular flexibility index (Phi) is 11.6. The summed E-state index contributed by atoms with van der Waals surface area (Å²) in [7, 11) is 0. The van der Waals surface area contributed by atoms with E-state index in [9.17, 15) is 29.4 Å². The second kappa shape index (κ2) is 14.1. The number of carboxylic acid groups (broad SMARTS) is 1. The molecule has 1 aliphatic rings. The van der Waals surface area contributed by atoms with Crippen molar-refractivity contribution >= 4 is 23.7 Å². The lowest BCUT2D eigenvalue weighted by Gasteiger charge is -2.28. The predicted octanol–water partition coefficient (Wildman–Crippen LogP) is 2.53. The number of carboxylic acids is 1. The lowest BCUT2D eigenvalue weighted by Crippen LogP contribution is -2.58. The maximum absolute atomic E-state index is 13.5. The zero-order valence-electron chi connectivity index (χ0n) is 23.1. The van der Waals surface area contributed by atoms with E-state index in [4.69, 9.17) is 4.74 Å². The topological polar surface area (TPSA) is 154 Å². The number of aromatic hydroxyl groups is 1. The summed E-state index contributed by atoms with van der Waals surface area (Å²) in [5.41, 5.74) is 0.596. The van der Waals surface area contributed by atoms with Crippen LogP contribution in [0, 0.1) is 11.3 Å². The minimum Gasteiger partial charge on any atom is -0.508 e. The van der Waals surface area contributed by atoms with E-state index in [1.165, 1.54) is 12.1 Å². The highest BCUT2D eigenvalue weighted by molar-refractivity contribution is 5.94. The molecule has 1 aromatic rings. The Labute approximate surface area is 224 Å². The molecule has 1 heterocycles. The molecule has 2 rings (SSSR count). The van der Waals surface area contributed by atoms with Crippen molar-refractivity contribution in [1.82, 2.24) is 16.0 Å². The first-order chi connectivity index (χ1) is 17.8. The van der Waals surface area contributed by atoms with Crippen LogP contribution in [0.4, 0.5) is 0 Å². The van der Waals surface area contributed by atoms with Gasteiger partial charge in [-0.1, -0.05) is 53.2 Å². The van der Waals surface area contributed by atoms with Gasteiger partial charge in [-0.2, -0.15) is 0 Å². The molecule has 1 saturated heterocycles. The molecule has 0 spiro atoms. The molecule has 0 bridgehead atoms. The van der Waals surface area contributed by atoms with Crippen molar-refractivity contribution in [3.8, 4) is 5.75 Å². The van der Waals surface area contributed by atoms with Gasteiger partial charge >= 0.3 is 5.97 Å². The average molecular weight is 534 g/mol. The smallest absolute Gasteiger partial charge is 0.326 e. The number of nitrogens with one attached hydrogen (secondary N) is 3. The molecule has 38 heavy (non-hydrogen) atoms. The molecular formula is C28H43N3O7. The van der Waals surface area contributed by atoms with E-state index >= 15 is 0 Å². The first-order valence-electron chi connectivity index (χ1n) is 13.3. The SMILES string of the molecule is CCC(C)C(NC(=O)C(Cc1ccc(O)cc1)NC(=O)[C@@H]1CCCO1)C(=O)NC(CCC(C)(C)C)C(=O)O. The molecule has 4 unspecified atom stereocenters. The fourth-order valence-electron chi connectivity index (χ4n) is 4.18. The molecule has 0 aliphatic carbocycles. The number of phenols is 1. The molecule has 212 valence electrons. The van der Waals surface area contributed by atoms with Crippen LogP contribution in [0.2, 0.25) is 0 Å². The summed E-state index contributed by atoms with van der Waals surface area (Å²) in [5.74, 6) is -2.90. The summed E-state index contributed by atoms with van der Waals surface area (Å²) in [6.45, 7) is 10.1. The Balaban J connectivity index is 2.20. The van der Waals surface area contributed by atoms with E-state index in [2.05, 4.69) is 16.0 Å². The molecule has 3 amide bonds. The third-order valence-electron chi connectivity index (χ3n) is 6.82. The summed E-state index contributed by atoms with van der Waals surface area (Å²) in [4.78, 5) is 51.3. The fraction of sp³-hybridized carbons (Fsp3) is 0.643. The number of hydrogen-bond donors (Lipinski definition) is 5. The van der Waals surface area contributed by atoms with Gasteiger partial charge in [0.2, 0.25) is 17.7 Å². The average Bonchev–Trinajstić information content (AvgIpc) is 3.39. The Morgan fingerprint density at radius 1 is 1.03 bits per heavy atom. The molecule has 5 N–H and O–H groups in total. The summed E-state index contributed by atoms with van der Waals surface area (Å²) in [6.07, 6.45) is 2.20. The van der Waals surface area contributed by atoms with Crippen LogP contribution in [0.3, 0.4) is 0 Å². The van der Waals surface area contributed by atoms with Gasteiger partial charge in [-0.25, -0.2) is 4.79 Å². The van der Waals surface area contributed by atoms with Gasteiger partial charge in [0, 0.05) is 13.0 Å². The van der Waals surface area contributed by atoms with E-state index in [1.807, 2.05) is 27.7 Å². The van der Waals surface area contributed by atoms with E-state index in [-0.39, 0.29) is 29.9 Å². The van der Waals surface area contributed by atoms with Gasteiger partial charge in [0.05, 0.1) is 0 Å². The normalized spacial score (nSPS) is 18.6. The number of benzene rings is 1. The predicted molar refractivity (Wildman–Crippen MR) is 142 cm³/mol. The van der Waals surface area contributed by atoms with Gasteiger partial charge in [0.1, 0.15) is 30.0 Å². The van der Waals surface area contributed by atoms with Gasteiger partial charge in [-0.05, 0) is 54.7 Å². The maximum atomic E-state index is 13.5. The number of carbonyl (C=O) groups excluding carboxylic acids is 3. The zero-order valence-corrected chi connectivity index (χ0v) is 23.1. The van der Waals surface area contributed by atoms with Crippen molar-refractivity contribution in [2.45, 2.75) is 97.4 Å². The first-order valence-corrected chi connectivity index (χ1v) is 13.3. The molecule has 1 aliphatic heterocycles. The van der Waals surface area contributed by atoms with E-state index in [1.54, 1.807) is 19.1 Å². The number of rotatable bonds is 13. The second-order valence-electron chi connectivity index (χ2n) is 11.3. The Bertz CT molecular complexity index is 952. The minimum absolute atomic E-state index is 0.0751. The number of phenolic OH excluding ortho intramolecular Hbond substituents is 1. The molecule has 1 fully saturated rings. The number of ether oxygens (including phenoxy) is 1. The van der Waals surface area contributed by atoms with Crippen molar-refractivity contribution in [3.63, 3.8) is 0 Å². The quantitative estimate of drug-likeness (QED) is 0.261. The van der Waals surface area contributed by atoms with Crippen LogP contribution in [0.15, 0.2) is 24.3 Å². The number of carbonyl (C=O) groups is 4.